The van der Waals surface area contributed by atoms with E-state index in [1.807, 2.05) is 66.0 Å². The Bertz CT molecular complexity index is 1110. The number of hydrazine groups is 1. The van der Waals surface area contributed by atoms with Crippen molar-refractivity contribution in [3.63, 3.8) is 0 Å². The van der Waals surface area contributed by atoms with Gasteiger partial charge in [0.05, 0.1) is 13.5 Å². The summed E-state index contributed by atoms with van der Waals surface area (Å²) in [6, 6.07) is 20.2. The normalized spacial score (nSPS) is 21.7. The van der Waals surface area contributed by atoms with Crippen LogP contribution in [0.1, 0.15) is 27.2 Å². The third-order valence-electron chi connectivity index (χ3n) is 6.67. The monoisotopic (exact) mass is 536 g/mol. The van der Waals surface area contributed by atoms with E-state index in [-0.39, 0.29) is 35.6 Å². The van der Waals surface area contributed by atoms with E-state index >= 15 is 0 Å². The van der Waals surface area contributed by atoms with Crippen molar-refractivity contribution in [3.8, 4) is 0 Å². The van der Waals surface area contributed by atoms with Gasteiger partial charge in [0.15, 0.2) is 17.8 Å². The highest BCUT2D eigenvalue weighted by Crippen LogP contribution is 2.37. The Balaban J connectivity index is 0.000000599. The molecule has 1 N–H and O–H groups in total. The van der Waals surface area contributed by atoms with Crippen LogP contribution in [0.4, 0.5) is 0 Å². The number of benzene rings is 2. The summed E-state index contributed by atoms with van der Waals surface area (Å²) >= 11 is 0. The fraction of sp³-hybridized carbons (Fsp3) is 0.367. The van der Waals surface area contributed by atoms with Crippen LogP contribution >= 0.6 is 7.92 Å². The maximum absolute atomic E-state index is 13.2. The molecule has 0 radical (unpaired) electrons. The summed E-state index contributed by atoms with van der Waals surface area (Å²) in [5, 5.41) is 4.26. The standard InChI is InChI=1S/C26H31N3O2P.C4H8O2/c1-18(2)25-23(16-24(30)22-15-19(3)28(4)27-22)29(26(25)31)17-32(20-11-7-5-8-12-20)21-13-9-6-10-14-21;1-3-4-6-5-2/h5-15,17-18,22-23,25,27H,16H2,1-4H3;3H,1,4H2,2H3/q+1;/t22?,23-,25-;/m1./s1. The van der Waals surface area contributed by atoms with E-state index < -0.39 is 7.92 Å². The Labute approximate surface area is 227 Å². The Morgan fingerprint density at radius 1 is 1.13 bits per heavy atom. The molecule has 2 aliphatic rings. The average molecular weight is 537 g/mol. The fourth-order valence-corrected chi connectivity index (χ4v) is 6.67. The molecular formula is C30H39N3O4P+. The first-order chi connectivity index (χ1) is 18.3. The average Bonchev–Trinajstić information content (AvgIpc) is 3.26. The van der Waals surface area contributed by atoms with Gasteiger partial charge in [-0.25, -0.2) is 20.0 Å². The molecule has 0 spiro atoms. The Morgan fingerprint density at radius 3 is 2.13 bits per heavy atom. The van der Waals surface area contributed by atoms with Crippen molar-refractivity contribution in [1.82, 2.24) is 10.4 Å². The maximum atomic E-state index is 13.2. The third kappa shape index (κ3) is 7.33. The van der Waals surface area contributed by atoms with Crippen LogP contribution in [0.3, 0.4) is 0 Å². The maximum Gasteiger partial charge on any atom is 0.397 e. The molecule has 38 heavy (non-hydrogen) atoms. The zero-order valence-electron chi connectivity index (χ0n) is 22.9. The van der Waals surface area contributed by atoms with Gasteiger partial charge < -0.3 is 5.01 Å². The van der Waals surface area contributed by atoms with Gasteiger partial charge in [-0.1, -0.05) is 80.6 Å². The van der Waals surface area contributed by atoms with Crippen LogP contribution < -0.4 is 16.0 Å². The molecular weight excluding hydrogens is 497 g/mol. The van der Waals surface area contributed by atoms with Gasteiger partial charge in [0.25, 0.3) is 0 Å². The molecule has 2 heterocycles. The second-order valence-electron chi connectivity index (χ2n) is 9.62. The summed E-state index contributed by atoms with van der Waals surface area (Å²) in [4.78, 5) is 34.9. The summed E-state index contributed by atoms with van der Waals surface area (Å²) in [6.07, 6.45) is 3.93. The molecule has 202 valence electrons. The van der Waals surface area contributed by atoms with Crippen molar-refractivity contribution >= 4 is 36.2 Å². The van der Waals surface area contributed by atoms with Crippen LogP contribution in [0.15, 0.2) is 85.1 Å². The van der Waals surface area contributed by atoms with Crippen LogP contribution in [0.5, 0.6) is 0 Å². The summed E-state index contributed by atoms with van der Waals surface area (Å²) in [7, 11) is 2.52. The van der Waals surface area contributed by atoms with Crippen LogP contribution in [-0.4, -0.2) is 60.1 Å². The second kappa shape index (κ2) is 14.3. The van der Waals surface area contributed by atoms with Crippen molar-refractivity contribution in [2.45, 2.75) is 39.3 Å². The number of carbonyl (C=O) groups excluding carboxylic acids is 2. The molecule has 1 fully saturated rings. The van der Waals surface area contributed by atoms with E-state index in [4.69, 9.17) is 0 Å². The minimum Gasteiger partial charge on any atom is -0.315 e. The molecule has 0 aromatic heterocycles. The predicted octanol–water partition coefficient (Wildman–Crippen LogP) is 3.77. The smallest absolute Gasteiger partial charge is 0.315 e. The van der Waals surface area contributed by atoms with Crippen LogP contribution in [-0.2, 0) is 19.4 Å². The number of nitrogens with zero attached hydrogens (tertiary/aromatic N) is 2. The van der Waals surface area contributed by atoms with Crippen molar-refractivity contribution in [2.75, 3.05) is 20.8 Å². The lowest BCUT2D eigenvalue weighted by Crippen LogP contribution is -2.59. The molecule has 0 aliphatic carbocycles. The number of carbonyl (C=O) groups is 2. The quantitative estimate of drug-likeness (QED) is 0.0949. The van der Waals surface area contributed by atoms with E-state index in [2.05, 4.69) is 65.8 Å². The minimum atomic E-state index is -0.853. The minimum absolute atomic E-state index is 0.103. The van der Waals surface area contributed by atoms with Gasteiger partial charge in [-0.15, -0.1) is 6.58 Å². The van der Waals surface area contributed by atoms with Gasteiger partial charge in [0, 0.05) is 20.7 Å². The number of amides is 1. The molecule has 2 aromatic rings. The number of ketones is 1. The van der Waals surface area contributed by atoms with E-state index in [1.165, 1.54) is 17.7 Å². The molecule has 2 aliphatic heterocycles. The molecule has 2 aromatic carbocycles. The molecule has 1 amide bonds. The number of hydrogen-bond donors (Lipinski definition) is 1. The summed E-state index contributed by atoms with van der Waals surface area (Å²) in [6.45, 7) is 9.97. The lowest BCUT2D eigenvalue weighted by atomic mass is 9.77. The summed E-state index contributed by atoms with van der Waals surface area (Å²) < 4.78 is 1.85. The Kier molecular flexibility index (Phi) is 11.1. The van der Waals surface area contributed by atoms with E-state index in [1.54, 1.807) is 6.08 Å². The molecule has 7 nitrogen and oxygen atoms in total. The molecule has 4 rings (SSSR count). The first-order valence-corrected chi connectivity index (χ1v) is 14.2. The number of allylic oxidation sites excluding steroid dienone is 1. The SMILES string of the molecule is C=CCOOC.CC1=CC(C(=O)C[C@@H]2[C@@H](C(C)C)C(=O)[N+]2=CP(c2ccccc2)c2ccccc2)NN1C. The van der Waals surface area contributed by atoms with Crippen molar-refractivity contribution in [1.29, 1.82) is 0 Å². The predicted molar refractivity (Wildman–Crippen MR) is 154 cm³/mol. The number of Topliss-reactive ketones (excluding diaryl/α,β-unsaturated/α-hetero) is 1. The summed E-state index contributed by atoms with van der Waals surface area (Å²) in [5.74, 6) is 2.41. The van der Waals surface area contributed by atoms with Crippen molar-refractivity contribution in [2.24, 2.45) is 11.8 Å². The molecule has 1 saturated heterocycles. The van der Waals surface area contributed by atoms with E-state index in [9.17, 15) is 9.59 Å². The zero-order valence-corrected chi connectivity index (χ0v) is 23.8. The largest absolute Gasteiger partial charge is 0.397 e. The Hall–Kier alpha value is -2.96. The topological polar surface area (TPSA) is 70.9 Å². The molecule has 3 atom stereocenters. The lowest BCUT2D eigenvalue weighted by molar-refractivity contribution is -0.545. The van der Waals surface area contributed by atoms with Crippen LogP contribution in [0.25, 0.3) is 0 Å². The highest BCUT2D eigenvalue weighted by molar-refractivity contribution is 7.85. The lowest BCUT2D eigenvalue weighted by Gasteiger charge is -2.33. The first-order valence-electron chi connectivity index (χ1n) is 12.8. The number of nitrogens with one attached hydrogen (secondary N) is 1. The van der Waals surface area contributed by atoms with E-state index in [0.29, 0.717) is 13.0 Å². The van der Waals surface area contributed by atoms with Gasteiger partial charge in [0.2, 0.25) is 0 Å². The summed E-state index contributed by atoms with van der Waals surface area (Å²) in [5.41, 5.74) is 4.24. The highest BCUT2D eigenvalue weighted by atomic mass is 31.1. The fourth-order valence-electron chi connectivity index (χ4n) is 4.59. The molecule has 0 saturated carbocycles. The highest BCUT2D eigenvalue weighted by Gasteiger charge is 2.57. The number of rotatable bonds is 10. The van der Waals surface area contributed by atoms with E-state index in [0.717, 1.165) is 5.70 Å². The number of β-lactam (4-membered cyclic amide) rings is 1. The van der Waals surface area contributed by atoms with Gasteiger partial charge in [0.1, 0.15) is 18.6 Å². The molecule has 8 heteroatoms. The van der Waals surface area contributed by atoms with Gasteiger partial charge in [-0.05, 0) is 29.5 Å². The Morgan fingerprint density at radius 2 is 1.71 bits per heavy atom. The van der Waals surface area contributed by atoms with Crippen molar-refractivity contribution in [3.05, 3.63) is 85.1 Å². The molecule has 1 unspecified atom stereocenters. The zero-order chi connectivity index (χ0) is 27.7. The van der Waals surface area contributed by atoms with Gasteiger partial charge in [-0.2, -0.15) is 4.58 Å². The van der Waals surface area contributed by atoms with Gasteiger partial charge >= 0.3 is 5.91 Å². The third-order valence-corrected chi connectivity index (χ3v) is 8.86. The second-order valence-corrected chi connectivity index (χ2v) is 11.6. The first kappa shape index (κ1) is 29.6. The van der Waals surface area contributed by atoms with Crippen LogP contribution in [0, 0.1) is 11.8 Å². The van der Waals surface area contributed by atoms with Crippen LogP contribution in [0.2, 0.25) is 0 Å². The van der Waals surface area contributed by atoms with Gasteiger partial charge in [-0.3, -0.25) is 4.79 Å². The number of hydrogen-bond acceptors (Lipinski definition) is 6. The molecule has 0 bridgehead atoms. The van der Waals surface area contributed by atoms with Crippen molar-refractivity contribution < 1.29 is 23.9 Å².